The van der Waals surface area contributed by atoms with Crippen molar-refractivity contribution in [2.75, 3.05) is 6.54 Å². The van der Waals surface area contributed by atoms with E-state index in [2.05, 4.69) is 25.7 Å². The van der Waals surface area contributed by atoms with Gasteiger partial charge in [-0.25, -0.2) is 0 Å². The molecule has 1 saturated carbocycles. The van der Waals surface area contributed by atoms with Crippen LogP contribution in [0.2, 0.25) is 0 Å². The highest BCUT2D eigenvalue weighted by molar-refractivity contribution is 4.91. The predicted octanol–water partition coefficient (Wildman–Crippen LogP) is 3.01. The highest BCUT2D eigenvalue weighted by Crippen LogP contribution is 2.33. The van der Waals surface area contributed by atoms with Gasteiger partial charge >= 0.3 is 0 Å². The van der Waals surface area contributed by atoms with Gasteiger partial charge in [0, 0.05) is 24.7 Å². The summed E-state index contributed by atoms with van der Waals surface area (Å²) >= 11 is 0. The van der Waals surface area contributed by atoms with Crippen molar-refractivity contribution in [3.63, 3.8) is 0 Å². The molecule has 1 aliphatic carbocycles. The zero-order valence-electron chi connectivity index (χ0n) is 11.9. The molecule has 100 valence electrons. The maximum absolute atomic E-state index is 6.18. The summed E-state index contributed by atoms with van der Waals surface area (Å²) in [5.74, 6) is 1.59. The maximum atomic E-state index is 6.18. The van der Waals surface area contributed by atoms with Gasteiger partial charge in [0.15, 0.2) is 0 Å². The molecule has 2 nitrogen and oxygen atoms in total. The Morgan fingerprint density at radius 2 is 1.71 bits per heavy atom. The highest BCUT2D eigenvalue weighted by atomic mass is 15.2. The number of nitrogens with zero attached hydrogens (tertiary/aromatic N) is 1. The van der Waals surface area contributed by atoms with E-state index in [0.29, 0.717) is 18.0 Å². The maximum Gasteiger partial charge on any atom is 0.0110 e. The molecule has 0 bridgehead atoms. The van der Waals surface area contributed by atoms with E-state index in [-0.39, 0.29) is 0 Å². The van der Waals surface area contributed by atoms with Crippen LogP contribution in [0.1, 0.15) is 59.3 Å². The summed E-state index contributed by atoms with van der Waals surface area (Å²) in [5.41, 5.74) is 6.18. The first-order valence-electron chi connectivity index (χ1n) is 7.62. The molecule has 0 radical (unpaired) electrons. The van der Waals surface area contributed by atoms with E-state index in [1.807, 2.05) is 0 Å². The van der Waals surface area contributed by atoms with Gasteiger partial charge < -0.3 is 5.73 Å². The molecule has 2 N–H and O–H groups in total. The van der Waals surface area contributed by atoms with Gasteiger partial charge in [0.1, 0.15) is 0 Å². The number of rotatable bonds is 2. The van der Waals surface area contributed by atoms with E-state index in [1.54, 1.807) is 0 Å². The molecule has 4 unspecified atom stereocenters. The summed E-state index contributed by atoms with van der Waals surface area (Å²) in [6.07, 6.45) is 8.44. The van der Waals surface area contributed by atoms with E-state index in [9.17, 15) is 0 Å². The number of likely N-dealkylation sites (tertiary alicyclic amines) is 1. The lowest BCUT2D eigenvalue weighted by atomic mass is 9.80. The standard InChI is InChI=1S/C15H30N2/c1-11-12(2)17(10-9-15(11)16)13(3)14-7-5-4-6-8-14/h11-15H,4-10,16H2,1-3H3. The Balaban J connectivity index is 1.96. The molecule has 0 aromatic carbocycles. The molecule has 2 heteroatoms. The second kappa shape index (κ2) is 5.71. The van der Waals surface area contributed by atoms with Crippen molar-refractivity contribution >= 4 is 0 Å². The van der Waals surface area contributed by atoms with Gasteiger partial charge in [0.2, 0.25) is 0 Å². The monoisotopic (exact) mass is 238 g/mol. The molecular formula is C15H30N2. The number of hydrogen-bond acceptors (Lipinski definition) is 2. The van der Waals surface area contributed by atoms with E-state index in [0.717, 1.165) is 12.0 Å². The van der Waals surface area contributed by atoms with Crippen molar-refractivity contribution in [1.82, 2.24) is 4.90 Å². The van der Waals surface area contributed by atoms with Crippen LogP contribution in [0.3, 0.4) is 0 Å². The normalized spacial score (nSPS) is 39.2. The summed E-state index contributed by atoms with van der Waals surface area (Å²) in [4.78, 5) is 2.74. The lowest BCUT2D eigenvalue weighted by molar-refractivity contribution is 0.0297. The van der Waals surface area contributed by atoms with Crippen LogP contribution in [-0.4, -0.2) is 29.6 Å². The Morgan fingerprint density at radius 1 is 1.06 bits per heavy atom. The minimum Gasteiger partial charge on any atom is -0.327 e. The van der Waals surface area contributed by atoms with Gasteiger partial charge in [-0.15, -0.1) is 0 Å². The Kier molecular flexibility index (Phi) is 4.48. The lowest BCUT2D eigenvalue weighted by Gasteiger charge is -2.47. The lowest BCUT2D eigenvalue weighted by Crippen LogP contribution is -2.56. The molecule has 0 aromatic heterocycles. The molecule has 1 heterocycles. The van der Waals surface area contributed by atoms with Crippen LogP contribution in [-0.2, 0) is 0 Å². The van der Waals surface area contributed by atoms with E-state index in [4.69, 9.17) is 5.73 Å². The van der Waals surface area contributed by atoms with E-state index < -0.39 is 0 Å². The second-order valence-corrected chi connectivity index (χ2v) is 6.43. The number of piperidine rings is 1. The van der Waals surface area contributed by atoms with Gasteiger partial charge in [0.05, 0.1) is 0 Å². The molecule has 4 atom stereocenters. The largest absolute Gasteiger partial charge is 0.327 e. The van der Waals surface area contributed by atoms with Crippen molar-refractivity contribution < 1.29 is 0 Å². The quantitative estimate of drug-likeness (QED) is 0.801. The molecule has 1 saturated heterocycles. The molecule has 2 fully saturated rings. The third-order valence-electron chi connectivity index (χ3n) is 5.54. The number of hydrogen-bond donors (Lipinski definition) is 1. The van der Waals surface area contributed by atoms with Gasteiger partial charge in [-0.05, 0) is 44.9 Å². The first kappa shape index (κ1) is 13.4. The van der Waals surface area contributed by atoms with Crippen LogP contribution in [0.15, 0.2) is 0 Å². The summed E-state index contributed by atoms with van der Waals surface area (Å²) < 4.78 is 0. The summed E-state index contributed by atoms with van der Waals surface area (Å²) in [6.45, 7) is 8.37. The van der Waals surface area contributed by atoms with Crippen LogP contribution in [0.4, 0.5) is 0 Å². The van der Waals surface area contributed by atoms with E-state index in [1.165, 1.54) is 45.1 Å². The summed E-state index contributed by atoms with van der Waals surface area (Å²) in [6, 6.07) is 1.84. The van der Waals surface area contributed by atoms with Crippen LogP contribution < -0.4 is 5.73 Å². The topological polar surface area (TPSA) is 29.3 Å². The minimum atomic E-state index is 0.416. The summed E-state index contributed by atoms with van der Waals surface area (Å²) in [5, 5.41) is 0. The first-order valence-corrected chi connectivity index (χ1v) is 7.62. The average molecular weight is 238 g/mol. The fourth-order valence-electron chi connectivity index (χ4n) is 3.89. The molecule has 0 amide bonds. The van der Waals surface area contributed by atoms with Crippen LogP contribution in [0.25, 0.3) is 0 Å². The minimum absolute atomic E-state index is 0.416. The van der Waals surface area contributed by atoms with Crippen LogP contribution in [0.5, 0.6) is 0 Å². The third-order valence-corrected chi connectivity index (χ3v) is 5.54. The third kappa shape index (κ3) is 2.85. The Bertz CT molecular complexity index is 235. The van der Waals surface area contributed by atoms with Gasteiger partial charge in [0.25, 0.3) is 0 Å². The SMILES string of the molecule is CC1C(N)CCN(C(C)C2CCCCC2)C1C. The fourth-order valence-corrected chi connectivity index (χ4v) is 3.89. The molecule has 2 rings (SSSR count). The average Bonchev–Trinajstić information content (AvgIpc) is 2.36. The zero-order valence-corrected chi connectivity index (χ0v) is 11.9. The molecule has 17 heavy (non-hydrogen) atoms. The molecular weight excluding hydrogens is 208 g/mol. The van der Waals surface area contributed by atoms with Crippen molar-refractivity contribution in [2.45, 2.75) is 77.4 Å². The Morgan fingerprint density at radius 3 is 2.35 bits per heavy atom. The first-order chi connectivity index (χ1) is 8.11. The van der Waals surface area contributed by atoms with E-state index >= 15 is 0 Å². The molecule has 0 aromatic rings. The van der Waals surface area contributed by atoms with Gasteiger partial charge in [-0.3, -0.25) is 4.90 Å². The zero-order chi connectivity index (χ0) is 12.4. The van der Waals surface area contributed by atoms with Crippen LogP contribution in [0, 0.1) is 11.8 Å². The van der Waals surface area contributed by atoms with Crippen molar-refractivity contribution in [3.05, 3.63) is 0 Å². The fraction of sp³-hybridized carbons (Fsp3) is 1.00. The Labute approximate surface area is 107 Å². The second-order valence-electron chi connectivity index (χ2n) is 6.43. The molecule has 0 spiro atoms. The van der Waals surface area contributed by atoms with Crippen LogP contribution >= 0.6 is 0 Å². The molecule has 2 aliphatic rings. The smallest absolute Gasteiger partial charge is 0.0110 e. The van der Waals surface area contributed by atoms with Gasteiger partial charge in [-0.2, -0.15) is 0 Å². The highest BCUT2D eigenvalue weighted by Gasteiger charge is 2.35. The Hall–Kier alpha value is -0.0800. The number of nitrogens with two attached hydrogens (primary N) is 1. The predicted molar refractivity (Wildman–Crippen MR) is 74.0 cm³/mol. The van der Waals surface area contributed by atoms with Crippen molar-refractivity contribution in [3.8, 4) is 0 Å². The summed E-state index contributed by atoms with van der Waals surface area (Å²) in [7, 11) is 0. The van der Waals surface area contributed by atoms with Crippen molar-refractivity contribution in [2.24, 2.45) is 17.6 Å². The van der Waals surface area contributed by atoms with Crippen molar-refractivity contribution in [1.29, 1.82) is 0 Å². The van der Waals surface area contributed by atoms with Gasteiger partial charge in [-0.1, -0.05) is 26.2 Å². The molecule has 1 aliphatic heterocycles.